The molecule has 1 saturated heterocycles. The van der Waals surface area contributed by atoms with Crippen molar-refractivity contribution in [1.82, 2.24) is 19.8 Å². The molecule has 1 N–H and O–H groups in total. The normalized spacial score (nSPS) is 13.7. The largest absolute Gasteiger partial charge is 0.452 e. The van der Waals surface area contributed by atoms with E-state index in [1.165, 1.54) is 17.2 Å². The zero-order valence-electron chi connectivity index (χ0n) is 19.0. The van der Waals surface area contributed by atoms with E-state index in [9.17, 15) is 19.2 Å². The molecule has 5 rings (SSSR count). The first-order valence-electron chi connectivity index (χ1n) is 11.2. The van der Waals surface area contributed by atoms with Crippen molar-refractivity contribution in [2.45, 2.75) is 6.92 Å². The van der Waals surface area contributed by atoms with E-state index in [4.69, 9.17) is 4.42 Å². The third-order valence-corrected chi connectivity index (χ3v) is 6.19. The number of pyridine rings is 1. The number of Topliss-reactive ketones (excluding diaryl/α,β-unsaturated/α-hetero) is 1. The van der Waals surface area contributed by atoms with Crippen molar-refractivity contribution in [2.24, 2.45) is 0 Å². The fourth-order valence-corrected chi connectivity index (χ4v) is 4.35. The van der Waals surface area contributed by atoms with Crippen LogP contribution in [0.25, 0.3) is 22.4 Å². The van der Waals surface area contributed by atoms with E-state index in [2.05, 4.69) is 9.97 Å². The number of nitrogens with zero attached hydrogens (tertiary/aromatic N) is 3. The summed E-state index contributed by atoms with van der Waals surface area (Å²) in [5.41, 5.74) is 2.56. The van der Waals surface area contributed by atoms with Gasteiger partial charge in [-0.2, -0.15) is 0 Å². The molecular weight excluding hydrogens is 448 g/mol. The molecule has 0 unspecified atom stereocenters. The molecule has 1 aliphatic heterocycles. The van der Waals surface area contributed by atoms with Crippen LogP contribution in [0.15, 0.2) is 59.3 Å². The van der Waals surface area contributed by atoms with Crippen LogP contribution < -0.4 is 0 Å². The smallest absolute Gasteiger partial charge is 0.295 e. The fourth-order valence-electron chi connectivity index (χ4n) is 4.35. The van der Waals surface area contributed by atoms with Crippen molar-refractivity contribution in [2.75, 3.05) is 26.2 Å². The molecule has 176 valence electrons. The van der Waals surface area contributed by atoms with Crippen LogP contribution in [0.5, 0.6) is 0 Å². The van der Waals surface area contributed by atoms with Crippen LogP contribution in [0.3, 0.4) is 0 Å². The second-order valence-corrected chi connectivity index (χ2v) is 8.34. The second kappa shape index (κ2) is 9.02. The van der Waals surface area contributed by atoms with E-state index in [1.807, 2.05) is 18.2 Å². The molecule has 0 spiro atoms. The van der Waals surface area contributed by atoms with Crippen molar-refractivity contribution in [3.63, 3.8) is 0 Å². The average molecular weight is 470 g/mol. The molecule has 1 fully saturated rings. The maximum atomic E-state index is 13.2. The van der Waals surface area contributed by atoms with E-state index >= 15 is 0 Å². The molecule has 0 aliphatic carbocycles. The highest BCUT2D eigenvalue weighted by molar-refractivity contribution is 6.45. The van der Waals surface area contributed by atoms with Gasteiger partial charge in [0.1, 0.15) is 5.69 Å². The van der Waals surface area contributed by atoms with Crippen LogP contribution in [-0.4, -0.2) is 69.8 Å². The molecule has 0 radical (unpaired) electrons. The number of aryl methyl sites for hydroxylation is 1. The van der Waals surface area contributed by atoms with Crippen LogP contribution in [0, 0.1) is 6.92 Å². The maximum Gasteiger partial charge on any atom is 0.295 e. The third-order valence-electron chi connectivity index (χ3n) is 6.19. The monoisotopic (exact) mass is 470 g/mol. The number of H-pyrrole nitrogens is 1. The lowest BCUT2D eigenvalue weighted by Gasteiger charge is -2.34. The molecular formula is C26H22N4O5. The van der Waals surface area contributed by atoms with Crippen molar-refractivity contribution in [1.29, 1.82) is 0 Å². The van der Waals surface area contributed by atoms with E-state index in [1.54, 1.807) is 36.2 Å². The summed E-state index contributed by atoms with van der Waals surface area (Å²) in [6.07, 6.45) is 3.70. The Morgan fingerprint density at radius 2 is 1.71 bits per heavy atom. The zero-order valence-corrected chi connectivity index (χ0v) is 19.0. The summed E-state index contributed by atoms with van der Waals surface area (Å²) in [6.45, 7) is 3.06. The summed E-state index contributed by atoms with van der Waals surface area (Å²) in [6, 6.07) is 12.1. The first-order valence-corrected chi connectivity index (χ1v) is 11.2. The van der Waals surface area contributed by atoms with Crippen LogP contribution in [-0.2, 0) is 4.79 Å². The molecule has 1 aliphatic rings. The number of hydrogen-bond donors (Lipinski definition) is 1. The average Bonchev–Trinajstić information content (AvgIpc) is 3.57. The number of piperazine rings is 1. The molecule has 4 heterocycles. The molecule has 1 aromatic carbocycles. The van der Waals surface area contributed by atoms with Crippen molar-refractivity contribution in [3.8, 4) is 11.5 Å². The third kappa shape index (κ3) is 4.01. The summed E-state index contributed by atoms with van der Waals surface area (Å²) < 4.78 is 5.50. The standard InChI is InChI=1S/C26H22N4O5/c1-16-13-27-22(20-8-7-18(15-31)35-20)23-21(16)19(14-28-23)24(32)26(34)30-11-9-29(10-12-30)25(33)17-5-3-2-4-6-17/h2-8,13-15,28H,9-12H2,1H3. The molecule has 0 atom stereocenters. The number of fused-ring (bicyclic) bond motifs is 1. The van der Waals surface area contributed by atoms with Gasteiger partial charge in [0.05, 0.1) is 11.1 Å². The lowest BCUT2D eigenvalue weighted by molar-refractivity contribution is -0.127. The number of carbonyl (C=O) groups excluding carboxylic acids is 4. The lowest BCUT2D eigenvalue weighted by atomic mass is 10.0. The van der Waals surface area contributed by atoms with Crippen LogP contribution >= 0.6 is 0 Å². The van der Waals surface area contributed by atoms with Gasteiger partial charge in [-0.3, -0.25) is 24.2 Å². The molecule has 4 aromatic rings. The minimum atomic E-state index is -0.632. The van der Waals surface area contributed by atoms with Crippen LogP contribution in [0.4, 0.5) is 0 Å². The number of amides is 2. The SMILES string of the molecule is Cc1cnc(-c2ccc(C=O)o2)c2[nH]cc(C(=O)C(=O)N3CCN(C(=O)c4ccccc4)CC3)c12. The van der Waals surface area contributed by atoms with Gasteiger partial charge in [0, 0.05) is 49.5 Å². The summed E-state index contributed by atoms with van der Waals surface area (Å²) >= 11 is 0. The van der Waals surface area contributed by atoms with Crippen molar-refractivity contribution >= 4 is 34.8 Å². The van der Waals surface area contributed by atoms with Crippen LogP contribution in [0.2, 0.25) is 0 Å². The minimum Gasteiger partial charge on any atom is -0.452 e. The van der Waals surface area contributed by atoms with E-state index in [-0.39, 0.29) is 30.3 Å². The second-order valence-electron chi connectivity index (χ2n) is 8.34. The molecule has 9 heteroatoms. The summed E-state index contributed by atoms with van der Waals surface area (Å²) in [7, 11) is 0. The number of hydrogen-bond acceptors (Lipinski definition) is 6. The Morgan fingerprint density at radius 3 is 2.40 bits per heavy atom. The Bertz CT molecular complexity index is 1450. The predicted octanol–water partition coefficient (Wildman–Crippen LogP) is 3.11. The quantitative estimate of drug-likeness (QED) is 0.272. The Kier molecular flexibility index (Phi) is 5.74. The number of ketones is 1. The number of carbonyl (C=O) groups is 4. The molecule has 3 aromatic heterocycles. The van der Waals surface area contributed by atoms with Gasteiger partial charge in [-0.15, -0.1) is 0 Å². The van der Waals surface area contributed by atoms with Gasteiger partial charge < -0.3 is 19.2 Å². The van der Waals surface area contributed by atoms with Gasteiger partial charge >= 0.3 is 0 Å². The Hall–Kier alpha value is -4.53. The maximum absolute atomic E-state index is 13.2. The summed E-state index contributed by atoms with van der Waals surface area (Å²) in [5.74, 6) is -0.794. The summed E-state index contributed by atoms with van der Waals surface area (Å²) in [4.78, 5) is 60.6. The van der Waals surface area contributed by atoms with Crippen LogP contribution in [0.1, 0.15) is 36.8 Å². The first kappa shape index (κ1) is 22.3. The Morgan fingerprint density at radius 1 is 1.00 bits per heavy atom. The number of benzene rings is 1. The number of rotatable bonds is 5. The van der Waals surface area contributed by atoms with Gasteiger partial charge in [0.25, 0.3) is 17.6 Å². The highest BCUT2D eigenvalue weighted by atomic mass is 16.3. The number of aromatic nitrogens is 2. The molecule has 0 saturated carbocycles. The van der Waals surface area contributed by atoms with Crippen molar-refractivity contribution in [3.05, 3.63) is 77.3 Å². The highest BCUT2D eigenvalue weighted by Gasteiger charge is 2.31. The fraction of sp³-hybridized carbons (Fsp3) is 0.192. The predicted molar refractivity (Wildman–Crippen MR) is 127 cm³/mol. The van der Waals surface area contributed by atoms with Gasteiger partial charge in [-0.05, 0) is 36.8 Å². The van der Waals surface area contributed by atoms with Crippen molar-refractivity contribution < 1.29 is 23.6 Å². The van der Waals surface area contributed by atoms with Gasteiger partial charge in [-0.25, -0.2) is 0 Å². The van der Waals surface area contributed by atoms with Gasteiger partial charge in [-0.1, -0.05) is 18.2 Å². The lowest BCUT2D eigenvalue weighted by Crippen LogP contribution is -2.52. The Balaban J connectivity index is 1.35. The number of nitrogens with one attached hydrogen (secondary N) is 1. The van der Waals surface area contributed by atoms with E-state index < -0.39 is 11.7 Å². The van der Waals surface area contributed by atoms with Gasteiger partial charge in [0.15, 0.2) is 17.8 Å². The molecule has 0 bridgehead atoms. The number of furan rings is 1. The minimum absolute atomic E-state index is 0.0908. The Labute approximate surface area is 200 Å². The topological polar surface area (TPSA) is 117 Å². The van der Waals surface area contributed by atoms with E-state index in [0.29, 0.717) is 47.3 Å². The zero-order chi connectivity index (χ0) is 24.5. The molecule has 2 amide bonds. The summed E-state index contributed by atoms with van der Waals surface area (Å²) in [5, 5.41) is 0.579. The van der Waals surface area contributed by atoms with Gasteiger partial charge in [0.2, 0.25) is 0 Å². The molecule has 35 heavy (non-hydrogen) atoms. The number of aldehydes is 1. The molecule has 9 nitrogen and oxygen atoms in total. The highest BCUT2D eigenvalue weighted by Crippen LogP contribution is 2.31. The first-order chi connectivity index (χ1) is 17.0. The number of aromatic amines is 1. The van der Waals surface area contributed by atoms with E-state index in [0.717, 1.165) is 5.56 Å².